The Hall–Kier alpha value is -3.70. The van der Waals surface area contributed by atoms with Crippen molar-refractivity contribution in [3.8, 4) is 0 Å². The van der Waals surface area contributed by atoms with Crippen LogP contribution in [0.4, 0.5) is 5.69 Å². The number of anilines is 1. The van der Waals surface area contributed by atoms with Gasteiger partial charge in [-0.2, -0.15) is 0 Å². The Bertz CT molecular complexity index is 1600. The number of amides is 2. The Morgan fingerprint density at radius 3 is 2.07 bits per heavy atom. The Morgan fingerprint density at radius 2 is 1.45 bits per heavy atom. The van der Waals surface area contributed by atoms with Crippen LogP contribution in [0.3, 0.4) is 0 Å². The van der Waals surface area contributed by atoms with Gasteiger partial charge in [-0.15, -0.1) is 0 Å². The molecule has 0 fully saturated rings. The molecule has 0 aliphatic heterocycles. The van der Waals surface area contributed by atoms with E-state index in [4.69, 9.17) is 0 Å². The zero-order chi connectivity index (χ0) is 30.1. The highest BCUT2D eigenvalue weighted by atomic mass is 127. The van der Waals surface area contributed by atoms with Gasteiger partial charge in [-0.25, -0.2) is 8.42 Å². The maximum absolute atomic E-state index is 14.3. The molecule has 7 nitrogen and oxygen atoms in total. The number of hydrogen-bond donors (Lipinski definition) is 1. The second kappa shape index (κ2) is 14.5. The van der Waals surface area contributed by atoms with Gasteiger partial charge in [0, 0.05) is 23.1 Å². The third-order valence-corrected chi connectivity index (χ3v) is 9.29. The molecule has 0 saturated heterocycles. The Balaban J connectivity index is 1.78. The highest BCUT2D eigenvalue weighted by Crippen LogP contribution is 2.26. The summed E-state index contributed by atoms with van der Waals surface area (Å²) in [6.45, 7) is 3.85. The first kappa shape index (κ1) is 31.2. The largest absolute Gasteiger partial charge is 0.355 e. The molecule has 0 heterocycles. The van der Waals surface area contributed by atoms with E-state index >= 15 is 0 Å². The molecule has 1 atom stereocenters. The molecule has 218 valence electrons. The number of nitrogens with zero attached hydrogens (tertiary/aromatic N) is 2. The molecule has 1 unspecified atom stereocenters. The van der Waals surface area contributed by atoms with Gasteiger partial charge in [0.2, 0.25) is 11.8 Å². The number of aryl methyl sites for hydroxylation is 1. The van der Waals surface area contributed by atoms with Crippen LogP contribution in [0, 0.1) is 10.5 Å². The maximum atomic E-state index is 14.3. The number of benzene rings is 4. The van der Waals surface area contributed by atoms with E-state index in [-0.39, 0.29) is 23.8 Å². The molecule has 9 heteroatoms. The number of rotatable bonds is 12. The van der Waals surface area contributed by atoms with Crippen LogP contribution in [0.25, 0.3) is 0 Å². The number of likely N-dealkylation sites (N-methyl/N-ethyl adjacent to an activating group) is 1. The molecule has 0 spiro atoms. The van der Waals surface area contributed by atoms with Crippen molar-refractivity contribution in [2.45, 2.75) is 37.8 Å². The van der Waals surface area contributed by atoms with E-state index in [1.165, 1.54) is 17.0 Å². The van der Waals surface area contributed by atoms with Crippen LogP contribution in [-0.2, 0) is 32.6 Å². The molecule has 1 N–H and O–H groups in total. The number of halogens is 1. The normalized spacial score (nSPS) is 11.9. The summed E-state index contributed by atoms with van der Waals surface area (Å²) in [5.41, 5.74) is 3.12. The van der Waals surface area contributed by atoms with Crippen molar-refractivity contribution < 1.29 is 18.0 Å². The van der Waals surface area contributed by atoms with Gasteiger partial charge in [0.25, 0.3) is 10.0 Å². The Morgan fingerprint density at radius 1 is 0.833 bits per heavy atom. The van der Waals surface area contributed by atoms with E-state index < -0.39 is 28.5 Å². The van der Waals surface area contributed by atoms with E-state index in [1.807, 2.05) is 68.4 Å². The van der Waals surface area contributed by atoms with Crippen LogP contribution in [0.15, 0.2) is 114 Å². The van der Waals surface area contributed by atoms with Gasteiger partial charge < -0.3 is 10.2 Å². The number of carbonyl (C=O) groups is 2. The Kier molecular flexibility index (Phi) is 10.8. The quantitative estimate of drug-likeness (QED) is 0.197. The summed E-state index contributed by atoms with van der Waals surface area (Å²) in [6.07, 6.45) is 0.277. The van der Waals surface area contributed by atoms with E-state index in [0.717, 1.165) is 24.6 Å². The minimum absolute atomic E-state index is 0.0751. The van der Waals surface area contributed by atoms with Crippen LogP contribution in [0.1, 0.15) is 23.6 Å². The highest BCUT2D eigenvalue weighted by Gasteiger charge is 2.34. The van der Waals surface area contributed by atoms with Crippen molar-refractivity contribution in [2.24, 2.45) is 0 Å². The predicted molar refractivity (Wildman–Crippen MR) is 174 cm³/mol. The van der Waals surface area contributed by atoms with Crippen LogP contribution in [0.5, 0.6) is 0 Å². The molecule has 0 bridgehead atoms. The average Bonchev–Trinajstić information content (AvgIpc) is 2.99. The summed E-state index contributed by atoms with van der Waals surface area (Å²) in [4.78, 5) is 29.4. The van der Waals surface area contributed by atoms with Crippen LogP contribution < -0.4 is 9.62 Å². The standard InChI is InChI=1S/C33H34IN3O4S/c1-3-35-33(39)31(22-26-12-6-4-7-13-26)36(23-27-14-10-11-25(2)21-27)32(38)24-37(29-19-17-28(34)18-20-29)42(40,41)30-15-8-5-9-16-30/h4-21,31H,3,22-24H2,1-2H3,(H,35,39). The second-order valence-electron chi connectivity index (χ2n) is 9.91. The molecule has 0 aliphatic rings. The maximum Gasteiger partial charge on any atom is 0.264 e. The van der Waals surface area contributed by atoms with Crippen molar-refractivity contribution in [3.05, 3.63) is 129 Å². The first-order valence-corrected chi connectivity index (χ1v) is 16.2. The van der Waals surface area contributed by atoms with Gasteiger partial charge in [0.15, 0.2) is 0 Å². The topological polar surface area (TPSA) is 86.8 Å². The molecular formula is C33H34IN3O4S. The Labute approximate surface area is 261 Å². The highest BCUT2D eigenvalue weighted by molar-refractivity contribution is 14.1. The second-order valence-corrected chi connectivity index (χ2v) is 13.0. The predicted octanol–water partition coefficient (Wildman–Crippen LogP) is 5.57. The molecule has 0 saturated carbocycles. The van der Waals surface area contributed by atoms with Crippen molar-refractivity contribution in [1.29, 1.82) is 0 Å². The molecular weight excluding hydrogens is 661 g/mol. The molecule has 42 heavy (non-hydrogen) atoms. The number of hydrogen-bond acceptors (Lipinski definition) is 4. The van der Waals surface area contributed by atoms with Crippen molar-refractivity contribution in [3.63, 3.8) is 0 Å². The third kappa shape index (κ3) is 7.98. The molecule has 0 radical (unpaired) electrons. The zero-order valence-corrected chi connectivity index (χ0v) is 26.6. The van der Waals surface area contributed by atoms with Gasteiger partial charge in [0.05, 0.1) is 10.6 Å². The van der Waals surface area contributed by atoms with E-state index in [9.17, 15) is 18.0 Å². The van der Waals surface area contributed by atoms with Crippen LogP contribution in [0.2, 0.25) is 0 Å². The molecule has 4 rings (SSSR count). The monoisotopic (exact) mass is 695 g/mol. The minimum atomic E-state index is -4.11. The fourth-order valence-corrected chi connectivity index (χ4v) is 6.50. The van der Waals surface area contributed by atoms with Crippen molar-refractivity contribution >= 4 is 50.1 Å². The first-order valence-electron chi connectivity index (χ1n) is 13.7. The average molecular weight is 696 g/mol. The van der Waals surface area contributed by atoms with Crippen LogP contribution >= 0.6 is 22.6 Å². The summed E-state index contributed by atoms with van der Waals surface area (Å²) in [5.74, 6) is -0.782. The van der Waals surface area contributed by atoms with Gasteiger partial charge in [0.1, 0.15) is 12.6 Å². The van der Waals surface area contributed by atoms with E-state index in [1.54, 1.807) is 42.5 Å². The van der Waals surface area contributed by atoms with E-state index in [2.05, 4.69) is 27.9 Å². The summed E-state index contributed by atoms with van der Waals surface area (Å²) >= 11 is 2.15. The molecule has 4 aromatic rings. The lowest BCUT2D eigenvalue weighted by atomic mass is 10.0. The van der Waals surface area contributed by atoms with Crippen molar-refractivity contribution in [2.75, 3.05) is 17.4 Å². The summed E-state index contributed by atoms with van der Waals surface area (Å²) in [5, 5.41) is 2.88. The minimum Gasteiger partial charge on any atom is -0.355 e. The SMILES string of the molecule is CCNC(=O)C(Cc1ccccc1)N(Cc1cccc(C)c1)C(=O)CN(c1ccc(I)cc1)S(=O)(=O)c1ccccc1. The lowest BCUT2D eigenvalue weighted by Crippen LogP contribution is -2.53. The molecule has 0 aliphatic carbocycles. The summed E-state index contributed by atoms with van der Waals surface area (Å²) in [6, 6.07) is 31.4. The smallest absolute Gasteiger partial charge is 0.264 e. The summed E-state index contributed by atoms with van der Waals surface area (Å²) in [7, 11) is -4.11. The van der Waals surface area contributed by atoms with Crippen molar-refractivity contribution in [1.82, 2.24) is 10.2 Å². The molecule has 0 aromatic heterocycles. The summed E-state index contributed by atoms with van der Waals surface area (Å²) < 4.78 is 30.0. The van der Waals surface area contributed by atoms with Gasteiger partial charge in [-0.3, -0.25) is 13.9 Å². The molecule has 2 amide bonds. The lowest BCUT2D eigenvalue weighted by Gasteiger charge is -2.34. The fourth-order valence-electron chi connectivity index (χ4n) is 4.71. The first-order chi connectivity index (χ1) is 20.2. The van der Waals surface area contributed by atoms with E-state index in [0.29, 0.717) is 12.2 Å². The van der Waals surface area contributed by atoms with Crippen LogP contribution in [-0.4, -0.2) is 44.3 Å². The van der Waals surface area contributed by atoms with Gasteiger partial charge in [-0.1, -0.05) is 78.4 Å². The molecule has 4 aromatic carbocycles. The number of carbonyl (C=O) groups excluding carboxylic acids is 2. The number of sulfonamides is 1. The fraction of sp³-hybridized carbons (Fsp3) is 0.212. The van der Waals surface area contributed by atoms with Gasteiger partial charge in [-0.05, 0) is 84.0 Å². The number of nitrogens with one attached hydrogen (secondary N) is 1. The zero-order valence-electron chi connectivity index (χ0n) is 23.6. The lowest BCUT2D eigenvalue weighted by molar-refractivity contribution is -0.140. The van der Waals surface area contributed by atoms with Gasteiger partial charge >= 0.3 is 0 Å². The third-order valence-electron chi connectivity index (χ3n) is 6.78.